The van der Waals surface area contributed by atoms with Crippen molar-refractivity contribution in [2.45, 2.75) is 53.6 Å². The predicted octanol–water partition coefficient (Wildman–Crippen LogP) is 4.39. The van der Waals surface area contributed by atoms with Gasteiger partial charge in [0, 0.05) is 12.6 Å². The van der Waals surface area contributed by atoms with E-state index in [0.29, 0.717) is 12.5 Å². The van der Waals surface area contributed by atoms with E-state index in [9.17, 15) is 4.79 Å². The largest absolute Gasteiger partial charge is 0.361 e. The highest BCUT2D eigenvalue weighted by atomic mass is 16.5. The zero-order chi connectivity index (χ0) is 18.6. The summed E-state index contributed by atoms with van der Waals surface area (Å²) >= 11 is 0. The Kier molecular flexibility index (Phi) is 6.23. The van der Waals surface area contributed by atoms with E-state index >= 15 is 0 Å². The molecule has 2 amide bonds. The Bertz CT molecular complexity index is 685. The van der Waals surface area contributed by atoms with Crippen LogP contribution in [-0.4, -0.2) is 23.1 Å². The number of hydrogen-bond acceptors (Lipinski definition) is 3. The van der Waals surface area contributed by atoms with Gasteiger partial charge in [-0.15, -0.1) is 0 Å². The molecule has 1 aromatic heterocycles. The SMILES string of the molecule is CCc1ccc(C(NC(=O)N(C)Cc2c(C)noc2C)C(C)C)cc1. The first-order valence-electron chi connectivity index (χ1n) is 8.85. The van der Waals surface area contributed by atoms with E-state index in [0.717, 1.165) is 29.0 Å². The van der Waals surface area contributed by atoms with Crippen molar-refractivity contribution in [3.05, 3.63) is 52.4 Å². The van der Waals surface area contributed by atoms with E-state index in [1.54, 1.807) is 11.9 Å². The molecule has 0 aliphatic heterocycles. The standard InChI is InChI=1S/C20H29N3O2/c1-7-16-8-10-17(11-9-16)19(13(2)3)21-20(24)23(6)12-18-14(4)22-25-15(18)5/h8-11,13,19H,7,12H2,1-6H3,(H,21,24). The molecular formula is C20H29N3O2. The van der Waals surface area contributed by atoms with E-state index in [4.69, 9.17) is 4.52 Å². The third-order valence-corrected chi connectivity index (χ3v) is 4.62. The highest BCUT2D eigenvalue weighted by Crippen LogP contribution is 2.23. The lowest BCUT2D eigenvalue weighted by atomic mass is 9.95. The Morgan fingerprint density at radius 3 is 2.36 bits per heavy atom. The second-order valence-corrected chi connectivity index (χ2v) is 6.93. The van der Waals surface area contributed by atoms with Crippen molar-refractivity contribution >= 4 is 6.03 Å². The Hall–Kier alpha value is -2.30. The minimum absolute atomic E-state index is 0.0227. The van der Waals surface area contributed by atoms with Gasteiger partial charge >= 0.3 is 6.03 Å². The number of carbonyl (C=O) groups is 1. The molecule has 1 heterocycles. The number of nitrogens with one attached hydrogen (secondary N) is 1. The first-order valence-corrected chi connectivity index (χ1v) is 8.85. The van der Waals surface area contributed by atoms with Crippen LogP contribution in [0.15, 0.2) is 28.8 Å². The summed E-state index contributed by atoms with van der Waals surface area (Å²) in [5, 5.41) is 7.11. The fourth-order valence-electron chi connectivity index (χ4n) is 2.88. The highest BCUT2D eigenvalue weighted by molar-refractivity contribution is 5.74. The monoisotopic (exact) mass is 343 g/mol. The first kappa shape index (κ1) is 19.0. The molecule has 136 valence electrons. The molecule has 1 atom stereocenters. The third-order valence-electron chi connectivity index (χ3n) is 4.62. The van der Waals surface area contributed by atoms with Crippen LogP contribution in [0.4, 0.5) is 4.79 Å². The van der Waals surface area contributed by atoms with E-state index in [2.05, 4.69) is 55.5 Å². The number of nitrogens with zero attached hydrogens (tertiary/aromatic N) is 2. The lowest BCUT2D eigenvalue weighted by Gasteiger charge is -2.26. The number of amides is 2. The number of carbonyl (C=O) groups excluding carboxylic acids is 1. The third kappa shape index (κ3) is 4.62. The van der Waals surface area contributed by atoms with Crippen LogP contribution in [0, 0.1) is 19.8 Å². The summed E-state index contributed by atoms with van der Waals surface area (Å²) < 4.78 is 5.18. The van der Waals surface area contributed by atoms with Crippen molar-refractivity contribution in [3.63, 3.8) is 0 Å². The van der Waals surface area contributed by atoms with E-state index in [-0.39, 0.29) is 12.1 Å². The molecule has 0 bridgehead atoms. The molecule has 1 unspecified atom stereocenters. The molecule has 2 aromatic rings. The van der Waals surface area contributed by atoms with Crippen molar-refractivity contribution in [3.8, 4) is 0 Å². The predicted molar refractivity (Wildman–Crippen MR) is 99.4 cm³/mol. The van der Waals surface area contributed by atoms with Gasteiger partial charge in [-0.3, -0.25) is 0 Å². The maximum atomic E-state index is 12.7. The number of aromatic nitrogens is 1. The van der Waals surface area contributed by atoms with Gasteiger partial charge in [-0.25, -0.2) is 4.79 Å². The molecule has 0 aliphatic carbocycles. The van der Waals surface area contributed by atoms with Crippen LogP contribution in [0.3, 0.4) is 0 Å². The van der Waals surface area contributed by atoms with Crippen LogP contribution in [0.25, 0.3) is 0 Å². The quantitative estimate of drug-likeness (QED) is 0.846. The highest BCUT2D eigenvalue weighted by Gasteiger charge is 2.21. The van der Waals surface area contributed by atoms with E-state index in [1.807, 2.05) is 13.8 Å². The topological polar surface area (TPSA) is 58.4 Å². The van der Waals surface area contributed by atoms with Crippen LogP contribution < -0.4 is 5.32 Å². The van der Waals surface area contributed by atoms with Crippen LogP contribution >= 0.6 is 0 Å². The average molecular weight is 343 g/mol. The van der Waals surface area contributed by atoms with Gasteiger partial charge in [0.25, 0.3) is 0 Å². The molecule has 25 heavy (non-hydrogen) atoms. The molecule has 0 aliphatic rings. The van der Waals surface area contributed by atoms with E-state index < -0.39 is 0 Å². The maximum Gasteiger partial charge on any atom is 0.317 e. The zero-order valence-electron chi connectivity index (χ0n) is 16.1. The van der Waals surface area contributed by atoms with Crippen LogP contribution in [0.5, 0.6) is 0 Å². The van der Waals surface area contributed by atoms with Crippen LogP contribution in [-0.2, 0) is 13.0 Å². The fourth-order valence-corrected chi connectivity index (χ4v) is 2.88. The minimum Gasteiger partial charge on any atom is -0.361 e. The number of benzene rings is 1. The van der Waals surface area contributed by atoms with Gasteiger partial charge in [0.15, 0.2) is 0 Å². The summed E-state index contributed by atoms with van der Waals surface area (Å²) in [6.45, 7) is 10.6. The summed E-state index contributed by atoms with van der Waals surface area (Å²) in [4.78, 5) is 14.3. The summed E-state index contributed by atoms with van der Waals surface area (Å²) in [6, 6.07) is 8.36. The summed E-state index contributed by atoms with van der Waals surface area (Å²) in [6.07, 6.45) is 1.01. The summed E-state index contributed by atoms with van der Waals surface area (Å²) in [7, 11) is 1.79. The molecule has 5 heteroatoms. The molecule has 0 fully saturated rings. The van der Waals surface area contributed by atoms with Crippen molar-refractivity contribution in [1.29, 1.82) is 0 Å². The molecule has 0 radical (unpaired) electrons. The van der Waals surface area contributed by atoms with Gasteiger partial charge in [0.05, 0.1) is 18.3 Å². The molecule has 0 saturated carbocycles. The molecule has 1 aromatic carbocycles. The molecule has 0 spiro atoms. The van der Waals surface area contributed by atoms with Gasteiger partial charge in [-0.1, -0.05) is 50.2 Å². The van der Waals surface area contributed by atoms with Crippen molar-refractivity contribution in [1.82, 2.24) is 15.4 Å². The van der Waals surface area contributed by atoms with Crippen molar-refractivity contribution in [2.75, 3.05) is 7.05 Å². The number of aryl methyl sites for hydroxylation is 3. The van der Waals surface area contributed by atoms with Crippen molar-refractivity contribution < 1.29 is 9.32 Å². The molecule has 2 rings (SSSR count). The molecule has 0 saturated heterocycles. The van der Waals surface area contributed by atoms with Gasteiger partial charge in [-0.05, 0) is 37.3 Å². The zero-order valence-corrected chi connectivity index (χ0v) is 16.1. The number of hydrogen-bond donors (Lipinski definition) is 1. The lowest BCUT2D eigenvalue weighted by molar-refractivity contribution is 0.198. The Balaban J connectivity index is 2.08. The maximum absolute atomic E-state index is 12.7. The van der Waals surface area contributed by atoms with Crippen LogP contribution in [0.1, 0.15) is 55.0 Å². The molecule has 1 N–H and O–H groups in total. The summed E-state index contributed by atoms with van der Waals surface area (Å²) in [5.74, 6) is 1.05. The smallest absolute Gasteiger partial charge is 0.317 e. The second-order valence-electron chi connectivity index (χ2n) is 6.93. The van der Waals surface area contributed by atoms with Crippen LogP contribution in [0.2, 0.25) is 0 Å². The minimum atomic E-state index is -0.0988. The number of urea groups is 1. The normalized spacial score (nSPS) is 12.3. The Labute approximate surface area is 150 Å². The van der Waals surface area contributed by atoms with E-state index in [1.165, 1.54) is 5.56 Å². The number of rotatable bonds is 6. The van der Waals surface area contributed by atoms with Crippen molar-refractivity contribution in [2.24, 2.45) is 5.92 Å². The molecular weight excluding hydrogens is 314 g/mol. The first-order chi connectivity index (χ1) is 11.8. The van der Waals surface area contributed by atoms with Gasteiger partial charge in [0.2, 0.25) is 0 Å². The Morgan fingerprint density at radius 2 is 1.88 bits per heavy atom. The molecule has 5 nitrogen and oxygen atoms in total. The average Bonchev–Trinajstić information content (AvgIpc) is 2.91. The van der Waals surface area contributed by atoms with Gasteiger partial charge in [0.1, 0.15) is 5.76 Å². The summed E-state index contributed by atoms with van der Waals surface area (Å²) in [5.41, 5.74) is 4.22. The second kappa shape index (κ2) is 8.19. The Morgan fingerprint density at radius 1 is 1.24 bits per heavy atom. The lowest BCUT2D eigenvalue weighted by Crippen LogP contribution is -2.40. The van der Waals surface area contributed by atoms with Gasteiger partial charge in [-0.2, -0.15) is 0 Å². The van der Waals surface area contributed by atoms with Gasteiger partial charge < -0.3 is 14.7 Å². The fraction of sp³-hybridized carbons (Fsp3) is 0.500.